The van der Waals surface area contributed by atoms with E-state index < -0.39 is 10.0 Å². The number of thioether (sulfide) groups is 1. The molecule has 0 atom stereocenters. The molecule has 3 aromatic carbocycles. The zero-order valence-electron chi connectivity index (χ0n) is 20.9. The van der Waals surface area contributed by atoms with E-state index in [9.17, 15) is 13.2 Å². The van der Waals surface area contributed by atoms with Crippen molar-refractivity contribution in [2.75, 3.05) is 38.5 Å². The van der Waals surface area contributed by atoms with Crippen molar-refractivity contribution >= 4 is 39.3 Å². The number of benzene rings is 3. The fraction of sp³-hybridized carbons (Fsp3) is 0.321. The van der Waals surface area contributed by atoms with E-state index in [2.05, 4.69) is 10.2 Å². The molecule has 0 saturated carbocycles. The van der Waals surface area contributed by atoms with E-state index in [1.165, 1.54) is 5.56 Å². The largest absolute Gasteiger partial charge is 0.351 e. The van der Waals surface area contributed by atoms with Gasteiger partial charge in [0.1, 0.15) is 0 Å². The third kappa shape index (κ3) is 7.82. The van der Waals surface area contributed by atoms with E-state index in [0.717, 1.165) is 34.2 Å². The lowest BCUT2D eigenvalue weighted by Crippen LogP contribution is -2.48. The Morgan fingerprint density at radius 2 is 1.65 bits per heavy atom. The molecule has 1 heterocycles. The molecule has 0 radical (unpaired) electrons. The molecule has 37 heavy (non-hydrogen) atoms. The average Bonchev–Trinajstić information content (AvgIpc) is 2.89. The van der Waals surface area contributed by atoms with E-state index in [1.807, 2.05) is 67.6 Å². The molecule has 1 saturated heterocycles. The molecule has 3 aromatic rings. The van der Waals surface area contributed by atoms with Crippen LogP contribution in [-0.2, 0) is 22.3 Å². The summed E-state index contributed by atoms with van der Waals surface area (Å²) in [5.41, 5.74) is 3.95. The van der Waals surface area contributed by atoms with E-state index in [1.54, 1.807) is 28.2 Å². The maximum absolute atomic E-state index is 12.9. The summed E-state index contributed by atoms with van der Waals surface area (Å²) in [7, 11) is -3.46. The van der Waals surface area contributed by atoms with Gasteiger partial charge in [0.25, 0.3) is 5.91 Å². The first-order valence-electron chi connectivity index (χ1n) is 12.3. The molecule has 0 spiro atoms. The number of nitrogens with one attached hydrogen (secondary N) is 1. The number of nitrogens with zero attached hydrogens (tertiary/aromatic N) is 2. The molecule has 0 bridgehead atoms. The molecule has 9 heteroatoms. The maximum atomic E-state index is 12.9. The van der Waals surface area contributed by atoms with Gasteiger partial charge in [0.15, 0.2) is 0 Å². The molecule has 0 unspecified atom stereocenters. The highest BCUT2D eigenvalue weighted by atomic mass is 35.5. The summed E-state index contributed by atoms with van der Waals surface area (Å²) in [5.74, 6) is 1.60. The summed E-state index contributed by atoms with van der Waals surface area (Å²) in [6.45, 7) is 5.53. The van der Waals surface area contributed by atoms with Gasteiger partial charge in [0.2, 0.25) is 10.0 Å². The number of halogens is 1. The topological polar surface area (TPSA) is 69.7 Å². The normalized spacial score (nSPS) is 15.0. The van der Waals surface area contributed by atoms with Crippen molar-refractivity contribution in [3.8, 4) is 0 Å². The van der Waals surface area contributed by atoms with Crippen molar-refractivity contribution < 1.29 is 13.2 Å². The zero-order chi connectivity index (χ0) is 26.3. The van der Waals surface area contributed by atoms with Gasteiger partial charge in [0.05, 0.1) is 4.90 Å². The Kier molecular flexibility index (Phi) is 9.67. The summed E-state index contributed by atoms with van der Waals surface area (Å²) >= 11 is 7.77. The Hall–Kier alpha value is -2.36. The average molecular weight is 558 g/mol. The SMILES string of the molecule is Cc1ccc(S(=O)(=O)N2CCN(Cc3ccc(C(=O)NCCSCc4cccc(Cl)c4)cc3)CC2)cc1. The van der Waals surface area contributed by atoms with Crippen LogP contribution >= 0.6 is 23.4 Å². The third-order valence-corrected chi connectivity index (χ3v) is 9.48. The molecule has 1 aliphatic heterocycles. The quantitative estimate of drug-likeness (QED) is 0.362. The Morgan fingerprint density at radius 1 is 0.946 bits per heavy atom. The van der Waals surface area contributed by atoms with Crippen LogP contribution in [0, 0.1) is 6.92 Å². The van der Waals surface area contributed by atoms with Gasteiger partial charge in [-0.1, -0.05) is 53.6 Å². The number of hydrogen-bond donors (Lipinski definition) is 1. The highest BCUT2D eigenvalue weighted by molar-refractivity contribution is 7.98. The second-order valence-electron chi connectivity index (χ2n) is 9.13. The summed E-state index contributed by atoms with van der Waals surface area (Å²) in [5, 5.41) is 3.71. The molecule has 1 aliphatic rings. The lowest BCUT2D eigenvalue weighted by atomic mass is 10.1. The van der Waals surface area contributed by atoms with Gasteiger partial charge in [-0.2, -0.15) is 16.1 Å². The minimum absolute atomic E-state index is 0.0789. The molecule has 196 valence electrons. The minimum atomic E-state index is -3.46. The highest BCUT2D eigenvalue weighted by Gasteiger charge is 2.28. The Balaban J connectivity index is 1.18. The summed E-state index contributed by atoms with van der Waals surface area (Å²) in [6.07, 6.45) is 0. The molecule has 0 aliphatic carbocycles. The predicted molar refractivity (Wildman–Crippen MR) is 152 cm³/mol. The molecule has 1 fully saturated rings. The number of amides is 1. The lowest BCUT2D eigenvalue weighted by molar-refractivity contribution is 0.0956. The molecular weight excluding hydrogens is 526 g/mol. The Morgan fingerprint density at radius 3 is 2.32 bits per heavy atom. The number of rotatable bonds is 10. The molecule has 1 N–H and O–H groups in total. The van der Waals surface area contributed by atoms with Crippen molar-refractivity contribution in [2.24, 2.45) is 0 Å². The fourth-order valence-electron chi connectivity index (χ4n) is 4.16. The van der Waals surface area contributed by atoms with Gasteiger partial charge in [-0.15, -0.1) is 0 Å². The van der Waals surface area contributed by atoms with Crippen LogP contribution in [0.4, 0.5) is 0 Å². The molecule has 6 nitrogen and oxygen atoms in total. The summed E-state index contributed by atoms with van der Waals surface area (Å²) < 4.78 is 27.4. The van der Waals surface area contributed by atoms with Gasteiger partial charge in [-0.25, -0.2) is 8.42 Å². The van der Waals surface area contributed by atoms with Crippen molar-refractivity contribution in [3.63, 3.8) is 0 Å². The second kappa shape index (κ2) is 12.9. The fourth-order valence-corrected chi connectivity index (χ4v) is 6.60. The Labute approximate surface area is 229 Å². The van der Waals surface area contributed by atoms with E-state index in [4.69, 9.17) is 11.6 Å². The van der Waals surface area contributed by atoms with Crippen LogP contribution in [0.3, 0.4) is 0 Å². The second-order valence-corrected chi connectivity index (χ2v) is 12.6. The number of carbonyl (C=O) groups excluding carboxylic acids is 1. The number of aryl methyl sites for hydroxylation is 1. The maximum Gasteiger partial charge on any atom is 0.251 e. The number of sulfonamides is 1. The lowest BCUT2D eigenvalue weighted by Gasteiger charge is -2.34. The van der Waals surface area contributed by atoms with E-state index >= 15 is 0 Å². The van der Waals surface area contributed by atoms with Crippen molar-refractivity contribution in [1.82, 2.24) is 14.5 Å². The van der Waals surface area contributed by atoms with Crippen LogP contribution in [0.5, 0.6) is 0 Å². The highest BCUT2D eigenvalue weighted by Crippen LogP contribution is 2.19. The first kappa shape index (κ1) is 27.7. The molecular formula is C28H32ClN3O3S2. The molecule has 0 aromatic heterocycles. The van der Waals surface area contributed by atoms with Crippen LogP contribution in [0.25, 0.3) is 0 Å². The predicted octanol–water partition coefficient (Wildman–Crippen LogP) is 4.82. The summed E-state index contributed by atoms with van der Waals surface area (Å²) in [4.78, 5) is 15.1. The van der Waals surface area contributed by atoms with E-state index in [0.29, 0.717) is 43.2 Å². The van der Waals surface area contributed by atoms with Gasteiger partial charge < -0.3 is 5.32 Å². The van der Waals surface area contributed by atoms with Crippen LogP contribution < -0.4 is 5.32 Å². The Bertz CT molecular complexity index is 1290. The zero-order valence-corrected chi connectivity index (χ0v) is 23.3. The molecule has 1 amide bonds. The van der Waals surface area contributed by atoms with Crippen molar-refractivity contribution in [3.05, 3.63) is 100 Å². The van der Waals surface area contributed by atoms with Crippen LogP contribution in [0.2, 0.25) is 5.02 Å². The monoisotopic (exact) mass is 557 g/mol. The summed E-state index contributed by atoms with van der Waals surface area (Å²) in [6, 6.07) is 22.5. The van der Waals surface area contributed by atoms with Crippen molar-refractivity contribution in [1.29, 1.82) is 0 Å². The number of piperazine rings is 1. The number of carbonyl (C=O) groups is 1. The van der Waals surface area contributed by atoms with Crippen molar-refractivity contribution in [2.45, 2.75) is 24.1 Å². The smallest absolute Gasteiger partial charge is 0.251 e. The van der Waals surface area contributed by atoms with Gasteiger partial charge in [-0.05, 0) is 54.4 Å². The molecule has 4 rings (SSSR count). The van der Waals surface area contributed by atoms with Crippen LogP contribution in [0.15, 0.2) is 77.7 Å². The van der Waals surface area contributed by atoms with Crippen LogP contribution in [-0.4, -0.2) is 62.0 Å². The van der Waals surface area contributed by atoms with Gasteiger partial charge in [-0.3, -0.25) is 9.69 Å². The van der Waals surface area contributed by atoms with Gasteiger partial charge >= 0.3 is 0 Å². The third-order valence-electron chi connectivity index (χ3n) is 6.30. The van der Waals surface area contributed by atoms with E-state index in [-0.39, 0.29) is 5.91 Å². The van der Waals surface area contributed by atoms with Gasteiger partial charge in [0, 0.05) is 61.4 Å². The number of hydrogen-bond acceptors (Lipinski definition) is 5. The first-order chi connectivity index (χ1) is 17.8. The minimum Gasteiger partial charge on any atom is -0.351 e. The first-order valence-corrected chi connectivity index (χ1v) is 15.3. The van der Waals surface area contributed by atoms with Crippen LogP contribution in [0.1, 0.15) is 27.0 Å². The standard InChI is InChI=1S/C28H32ClN3O3S2/c1-22-5-11-27(12-6-22)37(34,35)32-16-14-31(15-17-32)20-23-7-9-25(10-8-23)28(33)30-13-18-36-21-24-3-2-4-26(29)19-24/h2-12,19H,13-18,20-21H2,1H3,(H,30,33).